The summed E-state index contributed by atoms with van der Waals surface area (Å²) >= 11 is 0. The van der Waals surface area contributed by atoms with Gasteiger partial charge in [0.25, 0.3) is 5.91 Å². The molecule has 0 N–H and O–H groups in total. The third-order valence-electron chi connectivity index (χ3n) is 5.32. The van der Waals surface area contributed by atoms with E-state index in [9.17, 15) is 9.59 Å². The Hall–Kier alpha value is -2.08. The second kappa shape index (κ2) is 8.54. The van der Waals surface area contributed by atoms with Crippen molar-refractivity contribution in [2.24, 2.45) is 0 Å². The summed E-state index contributed by atoms with van der Waals surface area (Å²) in [4.78, 5) is 29.8. The van der Waals surface area contributed by atoms with Crippen LogP contribution in [-0.4, -0.2) is 66.1 Å². The van der Waals surface area contributed by atoms with E-state index in [-0.39, 0.29) is 11.9 Å². The van der Waals surface area contributed by atoms with Gasteiger partial charge in [-0.3, -0.25) is 4.79 Å². The summed E-state index contributed by atoms with van der Waals surface area (Å²) in [5, 5.41) is 0. The van der Waals surface area contributed by atoms with Gasteiger partial charge in [0.1, 0.15) is 5.69 Å². The Morgan fingerprint density at radius 1 is 1.31 bits per heavy atom. The van der Waals surface area contributed by atoms with Crippen LogP contribution in [0.2, 0.25) is 0 Å². The van der Waals surface area contributed by atoms with Gasteiger partial charge in [-0.05, 0) is 59.3 Å². The van der Waals surface area contributed by atoms with Crippen molar-refractivity contribution >= 4 is 11.9 Å². The van der Waals surface area contributed by atoms with Crippen LogP contribution in [0.1, 0.15) is 51.9 Å². The van der Waals surface area contributed by atoms with Gasteiger partial charge in [0, 0.05) is 25.3 Å². The summed E-state index contributed by atoms with van der Waals surface area (Å²) in [7, 11) is 3.97. The molecule has 0 radical (unpaired) electrons. The molecule has 0 aromatic carbocycles. The van der Waals surface area contributed by atoms with Crippen molar-refractivity contribution in [2.75, 3.05) is 33.8 Å². The van der Waals surface area contributed by atoms with E-state index in [1.807, 2.05) is 30.4 Å². The van der Waals surface area contributed by atoms with Gasteiger partial charge in [-0.2, -0.15) is 0 Å². The number of allylic oxidation sites excluding steroid dienone is 1. The standard InChI is InChI=1S/C20H31N3O3/c1-7-11-23-15(4)17(14(3)18(23)20(25)26-8-2)19(24)22(6)16-9-12-21(5)13-10-16/h7,16H,1,8-13H2,2-6H3. The van der Waals surface area contributed by atoms with Gasteiger partial charge >= 0.3 is 5.97 Å². The number of carbonyl (C=O) groups excluding carboxylic acids is 2. The van der Waals surface area contributed by atoms with E-state index < -0.39 is 5.97 Å². The van der Waals surface area contributed by atoms with Crippen molar-refractivity contribution in [3.05, 3.63) is 35.2 Å². The molecule has 6 nitrogen and oxygen atoms in total. The van der Waals surface area contributed by atoms with Crippen LogP contribution in [0.15, 0.2) is 12.7 Å². The number of hydrogen-bond acceptors (Lipinski definition) is 4. The maximum absolute atomic E-state index is 13.2. The van der Waals surface area contributed by atoms with Gasteiger partial charge in [-0.15, -0.1) is 6.58 Å². The fourth-order valence-corrected chi connectivity index (χ4v) is 3.75. The monoisotopic (exact) mass is 361 g/mol. The molecule has 6 heteroatoms. The third kappa shape index (κ3) is 3.85. The number of amides is 1. The third-order valence-corrected chi connectivity index (χ3v) is 5.32. The van der Waals surface area contributed by atoms with E-state index in [2.05, 4.69) is 18.5 Å². The topological polar surface area (TPSA) is 54.8 Å². The second-order valence-corrected chi connectivity index (χ2v) is 7.00. The predicted molar refractivity (Wildman–Crippen MR) is 103 cm³/mol. The van der Waals surface area contributed by atoms with Crippen molar-refractivity contribution in [1.29, 1.82) is 0 Å². The molecule has 1 aromatic rings. The van der Waals surface area contributed by atoms with E-state index in [0.29, 0.717) is 30.0 Å². The Balaban J connectivity index is 2.38. The molecule has 0 aliphatic carbocycles. The average molecular weight is 361 g/mol. The Morgan fingerprint density at radius 3 is 2.46 bits per heavy atom. The summed E-state index contributed by atoms with van der Waals surface area (Å²) in [6, 6.07) is 0.228. The molecule has 1 fully saturated rings. The smallest absolute Gasteiger partial charge is 0.355 e. The zero-order chi connectivity index (χ0) is 19.4. The summed E-state index contributed by atoms with van der Waals surface area (Å²) in [6.07, 6.45) is 3.66. The van der Waals surface area contributed by atoms with Gasteiger partial charge < -0.3 is 19.1 Å². The van der Waals surface area contributed by atoms with Gasteiger partial charge in [0.2, 0.25) is 0 Å². The van der Waals surface area contributed by atoms with Crippen LogP contribution < -0.4 is 0 Å². The molecular formula is C20H31N3O3. The number of piperidine rings is 1. The molecule has 1 aromatic heterocycles. The SMILES string of the molecule is C=CCn1c(C)c(C(=O)N(C)C2CCN(C)CC2)c(C)c1C(=O)OCC. The zero-order valence-electron chi connectivity index (χ0n) is 16.7. The van der Waals surface area contributed by atoms with E-state index >= 15 is 0 Å². The highest BCUT2D eigenvalue weighted by atomic mass is 16.5. The zero-order valence-corrected chi connectivity index (χ0v) is 16.7. The first-order chi connectivity index (χ1) is 12.3. The summed E-state index contributed by atoms with van der Waals surface area (Å²) in [5.41, 5.74) is 2.53. The van der Waals surface area contributed by atoms with Crippen LogP contribution in [0.4, 0.5) is 0 Å². The van der Waals surface area contributed by atoms with Crippen LogP contribution in [0.25, 0.3) is 0 Å². The average Bonchev–Trinajstić information content (AvgIpc) is 2.85. The first kappa shape index (κ1) is 20.2. The molecule has 1 aliphatic rings. The van der Waals surface area contributed by atoms with Crippen LogP contribution in [0.5, 0.6) is 0 Å². The predicted octanol–water partition coefficient (Wildman–Crippen LogP) is 2.63. The van der Waals surface area contributed by atoms with Crippen LogP contribution in [-0.2, 0) is 11.3 Å². The molecule has 2 heterocycles. The molecule has 144 valence electrons. The lowest BCUT2D eigenvalue weighted by atomic mass is 10.0. The molecule has 0 spiro atoms. The number of aromatic nitrogens is 1. The van der Waals surface area contributed by atoms with Crippen LogP contribution in [0.3, 0.4) is 0 Å². The quantitative estimate of drug-likeness (QED) is 0.577. The normalized spacial score (nSPS) is 15.7. The number of hydrogen-bond donors (Lipinski definition) is 0. The lowest BCUT2D eigenvalue weighted by Crippen LogP contribution is -2.44. The number of esters is 1. The maximum Gasteiger partial charge on any atom is 0.355 e. The Bertz CT molecular complexity index is 685. The van der Waals surface area contributed by atoms with Gasteiger partial charge in [0.05, 0.1) is 12.2 Å². The van der Waals surface area contributed by atoms with Crippen LogP contribution >= 0.6 is 0 Å². The van der Waals surface area contributed by atoms with Crippen molar-refractivity contribution < 1.29 is 14.3 Å². The minimum absolute atomic E-state index is 0.0251. The molecule has 1 amide bonds. The molecule has 0 bridgehead atoms. The van der Waals surface area contributed by atoms with Crippen molar-refractivity contribution in [3.8, 4) is 0 Å². The van der Waals surface area contributed by atoms with E-state index in [1.165, 1.54) is 0 Å². The van der Waals surface area contributed by atoms with E-state index in [4.69, 9.17) is 4.74 Å². The molecule has 2 rings (SSSR count). The summed E-state index contributed by atoms with van der Waals surface area (Å²) < 4.78 is 7.04. The summed E-state index contributed by atoms with van der Waals surface area (Å²) in [5.74, 6) is -0.418. The highest BCUT2D eigenvalue weighted by Gasteiger charge is 2.31. The molecule has 0 atom stereocenters. The van der Waals surface area contributed by atoms with E-state index in [1.54, 1.807) is 13.0 Å². The van der Waals surface area contributed by atoms with Crippen molar-refractivity contribution in [2.45, 2.75) is 46.2 Å². The van der Waals surface area contributed by atoms with Crippen molar-refractivity contribution in [3.63, 3.8) is 0 Å². The molecule has 26 heavy (non-hydrogen) atoms. The molecule has 1 aliphatic heterocycles. The number of rotatable bonds is 6. The van der Waals surface area contributed by atoms with Crippen molar-refractivity contribution in [1.82, 2.24) is 14.4 Å². The lowest BCUT2D eigenvalue weighted by molar-refractivity contribution is 0.0513. The highest BCUT2D eigenvalue weighted by Crippen LogP contribution is 2.26. The minimum Gasteiger partial charge on any atom is -0.461 e. The maximum atomic E-state index is 13.2. The summed E-state index contributed by atoms with van der Waals surface area (Å²) in [6.45, 7) is 12.0. The Kier molecular flexibility index (Phi) is 6.64. The number of likely N-dealkylation sites (tertiary alicyclic amines) is 1. The highest BCUT2D eigenvalue weighted by molar-refractivity contribution is 6.01. The fraction of sp³-hybridized carbons (Fsp3) is 0.600. The van der Waals surface area contributed by atoms with Gasteiger partial charge in [-0.25, -0.2) is 4.79 Å². The largest absolute Gasteiger partial charge is 0.461 e. The molecule has 0 unspecified atom stereocenters. The molecule has 1 saturated heterocycles. The number of nitrogens with zero attached hydrogens (tertiary/aromatic N) is 3. The van der Waals surface area contributed by atoms with Crippen LogP contribution in [0, 0.1) is 13.8 Å². The Labute approximate surface area is 156 Å². The first-order valence-electron chi connectivity index (χ1n) is 9.26. The number of ether oxygens (including phenoxy) is 1. The van der Waals surface area contributed by atoms with Gasteiger partial charge in [0.15, 0.2) is 0 Å². The minimum atomic E-state index is -0.393. The molecular weight excluding hydrogens is 330 g/mol. The lowest BCUT2D eigenvalue weighted by Gasteiger charge is -2.35. The first-order valence-corrected chi connectivity index (χ1v) is 9.26. The Morgan fingerprint density at radius 2 is 1.92 bits per heavy atom. The van der Waals surface area contributed by atoms with E-state index in [0.717, 1.165) is 31.6 Å². The second-order valence-electron chi connectivity index (χ2n) is 7.00. The fourth-order valence-electron chi connectivity index (χ4n) is 3.75. The van der Waals surface area contributed by atoms with Gasteiger partial charge in [-0.1, -0.05) is 6.08 Å². The molecule has 0 saturated carbocycles. The number of carbonyl (C=O) groups is 2.